The number of hydrogen-bond acceptors (Lipinski definition) is 7. The number of nitrogens with zero attached hydrogens (tertiary/aromatic N) is 4. The van der Waals surface area contributed by atoms with Crippen LogP contribution in [0.1, 0.15) is 40.3 Å². The molecule has 0 aliphatic carbocycles. The molecule has 9 heteroatoms. The summed E-state index contributed by atoms with van der Waals surface area (Å²) in [7, 11) is -2.04. The van der Waals surface area contributed by atoms with Crippen molar-refractivity contribution in [3.63, 3.8) is 0 Å². The highest BCUT2D eigenvalue weighted by molar-refractivity contribution is 6.74. The molecule has 0 saturated carbocycles. The van der Waals surface area contributed by atoms with E-state index in [1.807, 2.05) is 4.57 Å². The SMILES string of the molecule is CC[C@H]1O[C@@H](n2cnc3c(N)ncnc32)C(O[Si](C)(C)C(C)(C)C)[C@H]1N. The van der Waals surface area contributed by atoms with Crippen molar-refractivity contribution in [1.29, 1.82) is 0 Å². The van der Waals surface area contributed by atoms with Crippen molar-refractivity contribution < 1.29 is 9.16 Å². The number of nitrogen functional groups attached to an aromatic ring is 1. The molecular formula is C17H30N6O2Si. The summed E-state index contributed by atoms with van der Waals surface area (Å²) in [6, 6.07) is -0.212. The molecule has 2 aromatic heterocycles. The van der Waals surface area contributed by atoms with Gasteiger partial charge in [0.1, 0.15) is 17.9 Å². The molecule has 2 aromatic rings. The molecule has 4 N–H and O–H groups in total. The molecule has 1 aliphatic heterocycles. The second kappa shape index (κ2) is 6.56. The highest BCUT2D eigenvalue weighted by Gasteiger charge is 2.49. The largest absolute Gasteiger partial charge is 0.408 e. The van der Waals surface area contributed by atoms with Gasteiger partial charge in [0.15, 0.2) is 26.0 Å². The zero-order chi connectivity index (χ0) is 19.3. The zero-order valence-corrected chi connectivity index (χ0v) is 17.4. The number of ether oxygens (including phenoxy) is 1. The van der Waals surface area contributed by atoms with Crippen LogP contribution in [0.5, 0.6) is 0 Å². The summed E-state index contributed by atoms with van der Waals surface area (Å²) in [5, 5.41) is 0.0746. The van der Waals surface area contributed by atoms with Crippen molar-refractivity contribution >= 4 is 25.3 Å². The molecule has 144 valence electrons. The number of hydrogen-bond donors (Lipinski definition) is 2. The van der Waals surface area contributed by atoms with Gasteiger partial charge >= 0.3 is 0 Å². The van der Waals surface area contributed by atoms with Crippen molar-refractivity contribution in [2.75, 3.05) is 5.73 Å². The van der Waals surface area contributed by atoms with E-state index in [1.165, 1.54) is 6.33 Å². The van der Waals surface area contributed by atoms with E-state index in [1.54, 1.807) is 6.33 Å². The van der Waals surface area contributed by atoms with Gasteiger partial charge in [-0.25, -0.2) is 15.0 Å². The molecule has 0 spiro atoms. The van der Waals surface area contributed by atoms with E-state index in [4.69, 9.17) is 20.6 Å². The van der Waals surface area contributed by atoms with E-state index in [0.29, 0.717) is 17.0 Å². The van der Waals surface area contributed by atoms with Gasteiger partial charge in [-0.15, -0.1) is 0 Å². The molecule has 1 unspecified atom stereocenters. The number of anilines is 1. The number of aromatic nitrogens is 4. The second-order valence-corrected chi connectivity index (χ2v) is 13.2. The number of imidazole rings is 1. The smallest absolute Gasteiger partial charge is 0.192 e. The summed E-state index contributed by atoms with van der Waals surface area (Å²) in [4.78, 5) is 12.7. The Bertz CT molecular complexity index is 787. The first-order valence-electron chi connectivity index (χ1n) is 9.08. The van der Waals surface area contributed by atoms with Crippen molar-refractivity contribution in [1.82, 2.24) is 19.5 Å². The minimum Gasteiger partial charge on any atom is -0.408 e. The van der Waals surface area contributed by atoms with Crippen molar-refractivity contribution in [3.05, 3.63) is 12.7 Å². The van der Waals surface area contributed by atoms with E-state index in [-0.39, 0.29) is 29.5 Å². The van der Waals surface area contributed by atoms with E-state index in [9.17, 15) is 0 Å². The van der Waals surface area contributed by atoms with Crippen LogP contribution in [0.15, 0.2) is 12.7 Å². The second-order valence-electron chi connectivity index (χ2n) is 8.48. The summed E-state index contributed by atoms with van der Waals surface area (Å²) in [5.41, 5.74) is 13.7. The minimum absolute atomic E-state index is 0.0746. The van der Waals surface area contributed by atoms with Crippen molar-refractivity contribution in [3.8, 4) is 0 Å². The molecule has 8 nitrogen and oxygen atoms in total. The average molecular weight is 379 g/mol. The van der Waals surface area contributed by atoms with Gasteiger partial charge in [0, 0.05) is 0 Å². The van der Waals surface area contributed by atoms with E-state index in [2.05, 4.69) is 55.7 Å². The standard InChI is InChI=1S/C17H30N6O2Si/c1-7-10-11(18)13(25-26(5,6)17(2,3)4)16(24-10)23-9-22-12-14(19)20-8-21-15(12)23/h8-11,13,16H,7,18H2,1-6H3,(H2,19,20,21)/t10-,11+,13?,16-/m1/s1. The highest BCUT2D eigenvalue weighted by atomic mass is 28.4. The maximum atomic E-state index is 6.69. The molecule has 26 heavy (non-hydrogen) atoms. The average Bonchev–Trinajstić information content (AvgIpc) is 3.09. The summed E-state index contributed by atoms with van der Waals surface area (Å²) in [6.45, 7) is 13.2. The monoisotopic (exact) mass is 378 g/mol. The molecule has 0 radical (unpaired) electrons. The topological polar surface area (TPSA) is 114 Å². The number of fused-ring (bicyclic) bond motifs is 1. The van der Waals surface area contributed by atoms with Gasteiger partial charge in [-0.05, 0) is 24.6 Å². The van der Waals surface area contributed by atoms with Gasteiger partial charge in [-0.3, -0.25) is 4.57 Å². The summed E-state index contributed by atoms with van der Waals surface area (Å²) >= 11 is 0. The maximum absolute atomic E-state index is 6.69. The minimum atomic E-state index is -2.04. The molecule has 0 bridgehead atoms. The van der Waals surface area contributed by atoms with Crippen LogP contribution in [0.2, 0.25) is 18.1 Å². The molecule has 3 rings (SSSR count). The summed E-state index contributed by atoms with van der Waals surface area (Å²) < 4.78 is 14.8. The lowest BCUT2D eigenvalue weighted by Crippen LogP contribution is -2.51. The van der Waals surface area contributed by atoms with Crippen LogP contribution < -0.4 is 11.5 Å². The van der Waals surface area contributed by atoms with Crippen molar-refractivity contribution in [2.45, 2.75) is 76.7 Å². The molecule has 0 aromatic carbocycles. The van der Waals surface area contributed by atoms with Gasteiger partial charge in [0.05, 0.1) is 18.5 Å². The summed E-state index contributed by atoms with van der Waals surface area (Å²) in [5.74, 6) is 0.352. The Hall–Kier alpha value is -1.55. The summed E-state index contributed by atoms with van der Waals surface area (Å²) in [6.07, 6.45) is 3.21. The maximum Gasteiger partial charge on any atom is 0.192 e. The molecular weight excluding hydrogens is 348 g/mol. The van der Waals surface area contributed by atoms with Crippen LogP contribution in [0.25, 0.3) is 11.2 Å². The lowest BCUT2D eigenvalue weighted by Gasteiger charge is -2.40. The lowest BCUT2D eigenvalue weighted by molar-refractivity contribution is -0.0321. The van der Waals surface area contributed by atoms with Gasteiger partial charge in [-0.1, -0.05) is 27.7 Å². The fraction of sp³-hybridized carbons (Fsp3) is 0.706. The molecule has 1 fully saturated rings. The van der Waals surface area contributed by atoms with Crippen LogP contribution in [0.3, 0.4) is 0 Å². The van der Waals surface area contributed by atoms with Crippen LogP contribution in [-0.2, 0) is 9.16 Å². The van der Waals surface area contributed by atoms with E-state index < -0.39 is 8.32 Å². The third-order valence-corrected chi connectivity index (χ3v) is 10.2. The molecule has 4 atom stereocenters. The zero-order valence-electron chi connectivity index (χ0n) is 16.4. The molecule has 0 amide bonds. The lowest BCUT2D eigenvalue weighted by atomic mass is 10.1. The van der Waals surface area contributed by atoms with Crippen LogP contribution in [-0.4, -0.2) is 46.1 Å². The van der Waals surface area contributed by atoms with Crippen LogP contribution in [0, 0.1) is 0 Å². The Morgan fingerprint density at radius 1 is 1.27 bits per heavy atom. The van der Waals surface area contributed by atoms with Crippen LogP contribution >= 0.6 is 0 Å². The predicted octanol–water partition coefficient (Wildman–Crippen LogP) is 2.43. The van der Waals surface area contributed by atoms with E-state index in [0.717, 1.165) is 6.42 Å². The third-order valence-electron chi connectivity index (χ3n) is 5.70. The fourth-order valence-corrected chi connectivity index (χ4v) is 4.36. The fourth-order valence-electron chi connectivity index (χ4n) is 3.05. The Kier molecular flexibility index (Phi) is 4.85. The first-order valence-corrected chi connectivity index (χ1v) is 12.0. The molecule has 1 saturated heterocycles. The van der Waals surface area contributed by atoms with Gasteiger partial charge in [0.2, 0.25) is 0 Å². The first kappa shape index (κ1) is 19.2. The Balaban J connectivity index is 2.01. The highest BCUT2D eigenvalue weighted by Crippen LogP contribution is 2.42. The predicted molar refractivity (Wildman–Crippen MR) is 104 cm³/mol. The normalized spacial score (nSPS) is 27.3. The van der Waals surface area contributed by atoms with Crippen LogP contribution in [0.4, 0.5) is 5.82 Å². The Morgan fingerprint density at radius 3 is 2.58 bits per heavy atom. The quantitative estimate of drug-likeness (QED) is 0.785. The van der Waals surface area contributed by atoms with Gasteiger partial charge in [0.25, 0.3) is 0 Å². The Labute approximate surface area is 155 Å². The van der Waals surface area contributed by atoms with Crippen molar-refractivity contribution in [2.24, 2.45) is 5.73 Å². The third kappa shape index (κ3) is 3.13. The Morgan fingerprint density at radius 2 is 1.96 bits per heavy atom. The number of rotatable bonds is 4. The number of nitrogens with two attached hydrogens (primary N) is 2. The van der Waals surface area contributed by atoms with Gasteiger partial charge < -0.3 is 20.6 Å². The van der Waals surface area contributed by atoms with Gasteiger partial charge in [-0.2, -0.15) is 0 Å². The first-order chi connectivity index (χ1) is 12.1. The van der Waals surface area contributed by atoms with E-state index >= 15 is 0 Å². The molecule has 3 heterocycles. The molecule has 1 aliphatic rings.